The maximum atomic E-state index is 8.26. The molecule has 0 atom stereocenters. The molecule has 0 saturated heterocycles. The monoisotopic (exact) mass is 213 g/mol. The molecule has 1 N–H and O–H groups in total. The summed E-state index contributed by atoms with van der Waals surface area (Å²) in [6.07, 6.45) is 13.3. The van der Waals surface area contributed by atoms with E-state index in [-0.39, 0.29) is 0 Å². The van der Waals surface area contributed by atoms with Gasteiger partial charge in [-0.05, 0) is 6.42 Å². The van der Waals surface area contributed by atoms with Gasteiger partial charge < -0.3 is 9.68 Å². The Morgan fingerprint density at radius 1 is 0.800 bits per heavy atom. The molecule has 0 unspecified atom stereocenters. The highest BCUT2D eigenvalue weighted by Gasteiger charge is 1.92. The summed E-state index contributed by atoms with van der Waals surface area (Å²) in [6.45, 7) is 2.92. The fourth-order valence-corrected chi connectivity index (χ4v) is 1.73. The molecule has 15 heavy (non-hydrogen) atoms. The lowest BCUT2D eigenvalue weighted by atomic mass is 10.1. The van der Waals surface area contributed by atoms with Gasteiger partial charge in [0.1, 0.15) is 0 Å². The van der Waals surface area contributed by atoms with Gasteiger partial charge in [0.2, 0.25) is 0 Å². The van der Waals surface area contributed by atoms with Gasteiger partial charge in [-0.15, -0.1) is 0 Å². The summed E-state index contributed by atoms with van der Waals surface area (Å²) in [5, 5.41) is 8.26. The van der Waals surface area contributed by atoms with E-state index in [1.165, 1.54) is 57.8 Å². The Morgan fingerprint density at radius 2 is 1.27 bits per heavy atom. The zero-order valence-electron chi connectivity index (χ0n) is 10.2. The first-order valence-corrected chi connectivity index (χ1v) is 6.49. The van der Waals surface area contributed by atoms with E-state index in [9.17, 15) is 0 Å². The SMILES string of the molecule is CCCCCCCCCCCCO[B]O. The smallest absolute Gasteiger partial charge is 0.429 e. The van der Waals surface area contributed by atoms with Crippen molar-refractivity contribution in [1.29, 1.82) is 0 Å². The van der Waals surface area contributed by atoms with Crippen molar-refractivity contribution in [3.05, 3.63) is 0 Å². The third-order valence-electron chi connectivity index (χ3n) is 2.69. The van der Waals surface area contributed by atoms with Crippen molar-refractivity contribution >= 4 is 7.69 Å². The number of hydrogen-bond acceptors (Lipinski definition) is 2. The molecule has 0 rings (SSSR count). The van der Waals surface area contributed by atoms with Gasteiger partial charge in [-0.25, -0.2) is 0 Å². The standard InChI is InChI=1S/C12H26BO2/c1-2-3-4-5-6-7-8-9-10-11-12-15-13-14/h14H,2-12H2,1H3. The largest absolute Gasteiger partial charge is 0.485 e. The first-order chi connectivity index (χ1) is 7.41. The third-order valence-corrected chi connectivity index (χ3v) is 2.69. The average molecular weight is 213 g/mol. The second-order valence-corrected chi connectivity index (χ2v) is 4.16. The molecule has 0 aliphatic rings. The van der Waals surface area contributed by atoms with Gasteiger partial charge in [0.15, 0.2) is 0 Å². The zero-order valence-corrected chi connectivity index (χ0v) is 10.2. The lowest BCUT2D eigenvalue weighted by Gasteiger charge is -2.02. The Kier molecular flexibility index (Phi) is 14.0. The average Bonchev–Trinajstić information content (AvgIpc) is 2.26. The fraction of sp³-hybridized carbons (Fsp3) is 1.00. The van der Waals surface area contributed by atoms with Crippen molar-refractivity contribution < 1.29 is 9.68 Å². The first-order valence-electron chi connectivity index (χ1n) is 6.49. The van der Waals surface area contributed by atoms with Crippen LogP contribution in [0.5, 0.6) is 0 Å². The second kappa shape index (κ2) is 14.0. The molecule has 1 radical (unpaired) electrons. The maximum Gasteiger partial charge on any atom is 0.485 e. The minimum absolute atomic E-state index is 0.660. The van der Waals surface area contributed by atoms with Gasteiger partial charge in [0.25, 0.3) is 0 Å². The lowest BCUT2D eigenvalue weighted by Crippen LogP contribution is -1.98. The van der Waals surface area contributed by atoms with E-state index in [1.807, 2.05) is 0 Å². The van der Waals surface area contributed by atoms with Gasteiger partial charge in [0, 0.05) is 6.61 Å². The first kappa shape index (κ1) is 15.0. The van der Waals surface area contributed by atoms with Crippen molar-refractivity contribution in [3.8, 4) is 0 Å². The number of unbranched alkanes of at least 4 members (excludes halogenated alkanes) is 9. The van der Waals surface area contributed by atoms with E-state index in [1.54, 1.807) is 0 Å². The highest BCUT2D eigenvalue weighted by Crippen LogP contribution is 2.10. The van der Waals surface area contributed by atoms with Gasteiger partial charge in [-0.3, -0.25) is 0 Å². The van der Waals surface area contributed by atoms with Gasteiger partial charge in [-0.1, -0.05) is 64.7 Å². The topological polar surface area (TPSA) is 29.5 Å². The number of rotatable bonds is 12. The molecule has 0 amide bonds. The molecular weight excluding hydrogens is 187 g/mol. The fourth-order valence-electron chi connectivity index (χ4n) is 1.73. The summed E-state index contributed by atoms with van der Waals surface area (Å²) in [6, 6.07) is 0. The molecular formula is C12H26BO2. The van der Waals surface area contributed by atoms with Crippen molar-refractivity contribution in [2.75, 3.05) is 6.61 Å². The predicted octanol–water partition coefficient (Wildman–Crippen LogP) is 3.45. The molecule has 0 aromatic heterocycles. The normalized spacial score (nSPS) is 10.5. The Hall–Kier alpha value is -0.0151. The highest BCUT2D eigenvalue weighted by molar-refractivity contribution is 6.15. The summed E-state index contributed by atoms with van der Waals surface area (Å²) in [5.74, 6) is 0. The van der Waals surface area contributed by atoms with Crippen molar-refractivity contribution in [2.45, 2.75) is 71.1 Å². The molecule has 0 saturated carbocycles. The van der Waals surface area contributed by atoms with Crippen LogP contribution < -0.4 is 0 Å². The molecule has 0 heterocycles. The Labute approximate surface area is 95.7 Å². The van der Waals surface area contributed by atoms with Crippen LogP contribution >= 0.6 is 0 Å². The Bertz CT molecular complexity index is 97.8. The molecule has 0 bridgehead atoms. The van der Waals surface area contributed by atoms with Crippen LogP contribution in [0.4, 0.5) is 0 Å². The molecule has 0 aromatic carbocycles. The summed E-state index contributed by atoms with van der Waals surface area (Å²) in [4.78, 5) is 0. The van der Waals surface area contributed by atoms with Gasteiger partial charge in [0.05, 0.1) is 0 Å². The van der Waals surface area contributed by atoms with E-state index in [0.29, 0.717) is 6.61 Å². The van der Waals surface area contributed by atoms with E-state index in [4.69, 9.17) is 9.68 Å². The van der Waals surface area contributed by atoms with Crippen molar-refractivity contribution in [3.63, 3.8) is 0 Å². The van der Waals surface area contributed by atoms with Gasteiger partial charge >= 0.3 is 7.69 Å². The summed E-state index contributed by atoms with van der Waals surface area (Å²) < 4.78 is 4.74. The van der Waals surface area contributed by atoms with Crippen LogP contribution in [0.2, 0.25) is 0 Å². The molecule has 2 nitrogen and oxygen atoms in total. The van der Waals surface area contributed by atoms with E-state index in [2.05, 4.69) is 6.92 Å². The molecule has 3 heteroatoms. The van der Waals surface area contributed by atoms with Crippen molar-refractivity contribution in [2.24, 2.45) is 0 Å². The summed E-state index contributed by atoms with van der Waals surface area (Å²) in [7, 11) is 0.785. The molecule has 89 valence electrons. The van der Waals surface area contributed by atoms with Crippen LogP contribution in [0.1, 0.15) is 71.1 Å². The summed E-state index contributed by atoms with van der Waals surface area (Å²) >= 11 is 0. The van der Waals surface area contributed by atoms with Gasteiger partial charge in [-0.2, -0.15) is 0 Å². The minimum atomic E-state index is 0.660. The van der Waals surface area contributed by atoms with E-state index < -0.39 is 0 Å². The van der Waals surface area contributed by atoms with Crippen LogP contribution in [0.3, 0.4) is 0 Å². The molecule has 0 aromatic rings. The Morgan fingerprint density at radius 3 is 1.73 bits per heavy atom. The quantitative estimate of drug-likeness (QED) is 0.397. The zero-order chi connectivity index (χ0) is 11.2. The maximum absolute atomic E-state index is 8.26. The van der Waals surface area contributed by atoms with E-state index >= 15 is 0 Å². The minimum Gasteiger partial charge on any atom is -0.429 e. The molecule has 0 fully saturated rings. The van der Waals surface area contributed by atoms with Crippen LogP contribution in [-0.4, -0.2) is 19.3 Å². The predicted molar refractivity (Wildman–Crippen MR) is 65.8 cm³/mol. The second-order valence-electron chi connectivity index (χ2n) is 4.16. The van der Waals surface area contributed by atoms with Crippen LogP contribution in [-0.2, 0) is 4.65 Å². The lowest BCUT2D eigenvalue weighted by molar-refractivity contribution is 0.274. The third kappa shape index (κ3) is 14.0. The molecule has 0 aliphatic heterocycles. The Balaban J connectivity index is 2.81. The van der Waals surface area contributed by atoms with Crippen molar-refractivity contribution in [1.82, 2.24) is 0 Å². The van der Waals surface area contributed by atoms with Crippen LogP contribution in [0.15, 0.2) is 0 Å². The van der Waals surface area contributed by atoms with Crippen LogP contribution in [0.25, 0.3) is 0 Å². The van der Waals surface area contributed by atoms with E-state index in [0.717, 1.165) is 14.1 Å². The van der Waals surface area contributed by atoms with Crippen LogP contribution in [0, 0.1) is 0 Å². The summed E-state index contributed by atoms with van der Waals surface area (Å²) in [5.41, 5.74) is 0. The highest BCUT2D eigenvalue weighted by atomic mass is 16.5. The molecule has 0 aliphatic carbocycles. The molecule has 0 spiro atoms. The number of hydrogen-bond donors (Lipinski definition) is 1.